The maximum atomic E-state index is 12.2. The maximum Gasteiger partial charge on any atom is 0.287 e. The van der Waals surface area contributed by atoms with Crippen LogP contribution in [-0.4, -0.2) is 50.0 Å². The number of nitrogens with one attached hydrogen (secondary N) is 1. The molecule has 2 heterocycles. The van der Waals surface area contributed by atoms with Gasteiger partial charge in [0, 0.05) is 24.2 Å². The highest BCUT2D eigenvalue weighted by atomic mass is 35.5. The number of hydrogen-bond donors (Lipinski definition) is 1. The number of rotatable bonds is 5. The molecule has 0 spiro atoms. The van der Waals surface area contributed by atoms with E-state index in [4.69, 9.17) is 20.8 Å². The lowest BCUT2D eigenvalue weighted by Gasteiger charge is -2.22. The van der Waals surface area contributed by atoms with Crippen molar-refractivity contribution in [3.63, 3.8) is 0 Å². The number of nitro groups is 1. The third-order valence-corrected chi connectivity index (χ3v) is 5.92. The predicted octanol–water partition coefficient (Wildman–Crippen LogP) is 2.05. The monoisotopic (exact) mass is 414 g/mol. The van der Waals surface area contributed by atoms with Crippen molar-refractivity contribution < 1.29 is 27.3 Å². The Morgan fingerprint density at radius 1 is 1.33 bits per heavy atom. The minimum atomic E-state index is -3.15. The largest absolute Gasteiger partial charge is 0.451 e. The standard InChI is InChI=1S/C16H15ClN2O7S/c17-13-7-10(19(21)22)1-2-12(13)14-3-4-15(26-14)16(20)18-8-11-9-27(23,24)6-5-25-11/h1-4,7,11H,5-6,8-9H2,(H,18,20)/t11-/m1/s1. The highest BCUT2D eigenvalue weighted by Crippen LogP contribution is 2.32. The summed E-state index contributed by atoms with van der Waals surface area (Å²) in [6, 6.07) is 6.86. The van der Waals surface area contributed by atoms with E-state index >= 15 is 0 Å². The van der Waals surface area contributed by atoms with Gasteiger partial charge in [-0.05, 0) is 18.2 Å². The second-order valence-corrected chi connectivity index (χ2v) is 8.54. The molecule has 1 saturated heterocycles. The number of nitro benzene ring substituents is 1. The molecule has 1 aromatic heterocycles. The van der Waals surface area contributed by atoms with Crippen molar-refractivity contribution >= 4 is 33.0 Å². The number of hydrogen-bond acceptors (Lipinski definition) is 7. The van der Waals surface area contributed by atoms with E-state index in [1.54, 1.807) is 0 Å². The zero-order valence-corrected chi connectivity index (χ0v) is 15.5. The first-order valence-electron chi connectivity index (χ1n) is 7.89. The van der Waals surface area contributed by atoms with E-state index in [0.29, 0.717) is 5.56 Å². The van der Waals surface area contributed by atoms with Gasteiger partial charge in [-0.25, -0.2) is 8.42 Å². The fraction of sp³-hybridized carbons (Fsp3) is 0.312. The molecule has 11 heteroatoms. The molecule has 144 valence electrons. The summed E-state index contributed by atoms with van der Waals surface area (Å²) in [7, 11) is -3.15. The average molecular weight is 415 g/mol. The average Bonchev–Trinajstić information content (AvgIpc) is 3.08. The Bertz CT molecular complexity index is 986. The Balaban J connectivity index is 1.67. The summed E-state index contributed by atoms with van der Waals surface area (Å²) in [5, 5.41) is 13.4. The number of amides is 1. The van der Waals surface area contributed by atoms with Gasteiger partial charge in [0.25, 0.3) is 11.6 Å². The first-order chi connectivity index (χ1) is 12.7. The molecule has 1 fully saturated rings. The summed E-state index contributed by atoms with van der Waals surface area (Å²) < 4.78 is 33.9. The molecule has 0 radical (unpaired) electrons. The van der Waals surface area contributed by atoms with E-state index in [2.05, 4.69) is 5.32 Å². The third kappa shape index (κ3) is 4.65. The summed E-state index contributed by atoms with van der Waals surface area (Å²) in [4.78, 5) is 22.4. The van der Waals surface area contributed by atoms with Crippen molar-refractivity contribution in [1.29, 1.82) is 0 Å². The van der Waals surface area contributed by atoms with Crippen LogP contribution in [0.3, 0.4) is 0 Å². The topological polar surface area (TPSA) is 129 Å². The molecule has 1 N–H and O–H groups in total. The van der Waals surface area contributed by atoms with Crippen LogP contribution in [0.25, 0.3) is 11.3 Å². The van der Waals surface area contributed by atoms with Crippen LogP contribution in [0.15, 0.2) is 34.7 Å². The van der Waals surface area contributed by atoms with Gasteiger partial charge in [-0.1, -0.05) is 11.6 Å². The molecular weight excluding hydrogens is 400 g/mol. The normalized spacial score (nSPS) is 18.8. The van der Waals surface area contributed by atoms with Crippen molar-refractivity contribution in [2.75, 3.05) is 24.7 Å². The fourth-order valence-corrected chi connectivity index (χ4v) is 4.16. The third-order valence-electron chi connectivity index (χ3n) is 3.94. The quantitative estimate of drug-likeness (QED) is 0.585. The Hall–Kier alpha value is -2.43. The minimum Gasteiger partial charge on any atom is -0.451 e. The number of halogens is 1. The van der Waals surface area contributed by atoms with Gasteiger partial charge >= 0.3 is 0 Å². The number of benzene rings is 1. The Labute approximate surface area is 159 Å². The van der Waals surface area contributed by atoms with Crippen LogP contribution < -0.4 is 5.32 Å². The van der Waals surface area contributed by atoms with Gasteiger partial charge in [0.2, 0.25) is 0 Å². The summed E-state index contributed by atoms with van der Waals surface area (Å²) >= 11 is 6.05. The van der Waals surface area contributed by atoms with Crippen LogP contribution in [-0.2, 0) is 14.6 Å². The zero-order chi connectivity index (χ0) is 19.6. The number of carbonyl (C=O) groups is 1. The minimum absolute atomic E-state index is 0.00177. The second kappa shape index (κ2) is 7.67. The van der Waals surface area contributed by atoms with E-state index in [1.165, 1.54) is 30.3 Å². The van der Waals surface area contributed by atoms with Crippen LogP contribution in [0, 0.1) is 10.1 Å². The van der Waals surface area contributed by atoms with Crippen molar-refractivity contribution in [2.45, 2.75) is 6.10 Å². The van der Waals surface area contributed by atoms with Crippen LogP contribution in [0.4, 0.5) is 5.69 Å². The molecule has 1 atom stereocenters. The van der Waals surface area contributed by atoms with Crippen LogP contribution in [0.1, 0.15) is 10.6 Å². The van der Waals surface area contributed by atoms with Gasteiger partial charge in [-0.2, -0.15) is 0 Å². The molecule has 0 saturated carbocycles. The molecule has 27 heavy (non-hydrogen) atoms. The first kappa shape index (κ1) is 19.3. The van der Waals surface area contributed by atoms with Crippen LogP contribution >= 0.6 is 11.6 Å². The predicted molar refractivity (Wildman–Crippen MR) is 96.5 cm³/mol. The van der Waals surface area contributed by atoms with E-state index in [-0.39, 0.29) is 46.9 Å². The van der Waals surface area contributed by atoms with Gasteiger partial charge in [0.1, 0.15) is 5.76 Å². The highest BCUT2D eigenvalue weighted by molar-refractivity contribution is 7.91. The number of ether oxygens (including phenoxy) is 1. The zero-order valence-electron chi connectivity index (χ0n) is 13.9. The molecular formula is C16H15ClN2O7S. The number of non-ortho nitro benzene ring substituents is 1. The Morgan fingerprint density at radius 2 is 2.11 bits per heavy atom. The SMILES string of the molecule is O=C(NC[C@@H]1CS(=O)(=O)CCO1)c1ccc(-c2ccc([N+](=O)[O-])cc2Cl)o1. The van der Waals surface area contributed by atoms with Crippen LogP contribution in [0.2, 0.25) is 5.02 Å². The molecule has 2 aromatic rings. The number of nitrogens with zero attached hydrogens (tertiary/aromatic N) is 1. The molecule has 9 nitrogen and oxygen atoms in total. The number of sulfone groups is 1. The number of furan rings is 1. The molecule has 0 unspecified atom stereocenters. The summed E-state index contributed by atoms with van der Waals surface area (Å²) in [5.74, 6) is -0.426. The van der Waals surface area contributed by atoms with Gasteiger partial charge in [-0.15, -0.1) is 0 Å². The highest BCUT2D eigenvalue weighted by Gasteiger charge is 2.26. The molecule has 1 aromatic carbocycles. The van der Waals surface area contributed by atoms with E-state index in [9.17, 15) is 23.3 Å². The smallest absolute Gasteiger partial charge is 0.287 e. The maximum absolute atomic E-state index is 12.2. The van der Waals surface area contributed by atoms with Crippen molar-refractivity contribution in [1.82, 2.24) is 5.32 Å². The molecule has 1 amide bonds. The molecule has 3 rings (SSSR count). The van der Waals surface area contributed by atoms with Gasteiger partial charge < -0.3 is 14.5 Å². The summed E-state index contributed by atoms with van der Waals surface area (Å²) in [6.07, 6.45) is -0.605. The lowest BCUT2D eigenvalue weighted by Crippen LogP contribution is -2.42. The number of carbonyl (C=O) groups excluding carboxylic acids is 1. The fourth-order valence-electron chi connectivity index (χ4n) is 2.59. The lowest BCUT2D eigenvalue weighted by atomic mass is 10.1. The first-order valence-corrected chi connectivity index (χ1v) is 10.1. The van der Waals surface area contributed by atoms with Gasteiger partial charge in [0.15, 0.2) is 15.6 Å². The van der Waals surface area contributed by atoms with E-state index in [1.807, 2.05) is 0 Å². The van der Waals surface area contributed by atoms with Gasteiger partial charge in [0.05, 0.1) is 34.2 Å². The molecule has 1 aliphatic rings. The summed E-state index contributed by atoms with van der Waals surface area (Å²) in [6.45, 7) is 0.138. The van der Waals surface area contributed by atoms with Crippen molar-refractivity contribution in [2.24, 2.45) is 0 Å². The van der Waals surface area contributed by atoms with Crippen molar-refractivity contribution in [3.8, 4) is 11.3 Å². The molecule has 0 bridgehead atoms. The molecule has 1 aliphatic heterocycles. The second-order valence-electron chi connectivity index (χ2n) is 5.90. The Kier molecular flexibility index (Phi) is 5.49. The van der Waals surface area contributed by atoms with Crippen molar-refractivity contribution in [3.05, 3.63) is 51.2 Å². The van der Waals surface area contributed by atoms with E-state index in [0.717, 1.165) is 0 Å². The molecule has 0 aliphatic carbocycles. The van der Waals surface area contributed by atoms with Crippen LogP contribution in [0.5, 0.6) is 0 Å². The lowest BCUT2D eigenvalue weighted by molar-refractivity contribution is -0.384. The van der Waals surface area contributed by atoms with Gasteiger partial charge in [-0.3, -0.25) is 14.9 Å². The summed E-state index contributed by atoms with van der Waals surface area (Å²) in [5.41, 5.74) is 0.249. The van der Waals surface area contributed by atoms with E-state index < -0.39 is 26.8 Å². The Morgan fingerprint density at radius 3 is 2.78 bits per heavy atom.